The third-order valence-electron chi connectivity index (χ3n) is 2.32. The molecule has 0 radical (unpaired) electrons. The maximum absolute atomic E-state index is 13.4. The van der Waals surface area contributed by atoms with Crippen molar-refractivity contribution in [1.29, 1.82) is 0 Å². The Kier molecular flexibility index (Phi) is 5.03. The predicted molar refractivity (Wildman–Crippen MR) is 59.6 cm³/mol. The molecular weight excluding hydrogens is 228 g/mol. The van der Waals surface area contributed by atoms with E-state index in [-0.39, 0.29) is 18.7 Å². The minimum absolute atomic E-state index is 0.101. The van der Waals surface area contributed by atoms with Crippen LogP contribution in [0.4, 0.5) is 8.78 Å². The number of hydrogen-bond acceptors (Lipinski definition) is 2. The Balaban J connectivity index is 2.78. The van der Waals surface area contributed by atoms with Gasteiger partial charge >= 0.3 is 5.97 Å². The molecule has 0 amide bonds. The standard InChI is InChI=1S/C12H15F2NO2/c1-2-6-15(8-11(16)17)7-9-4-3-5-10(13)12(9)14/h3-5H,2,6-8H2,1H3,(H,16,17). The van der Waals surface area contributed by atoms with Crippen molar-refractivity contribution in [3.05, 3.63) is 35.4 Å². The summed E-state index contributed by atoms with van der Waals surface area (Å²) in [5.74, 6) is -2.79. The van der Waals surface area contributed by atoms with Gasteiger partial charge in [0.1, 0.15) is 0 Å². The molecule has 0 spiro atoms. The highest BCUT2D eigenvalue weighted by molar-refractivity contribution is 5.69. The average Bonchev–Trinajstić information content (AvgIpc) is 2.24. The highest BCUT2D eigenvalue weighted by Gasteiger charge is 2.13. The van der Waals surface area contributed by atoms with Gasteiger partial charge in [0.05, 0.1) is 6.54 Å². The molecule has 0 aliphatic heterocycles. The van der Waals surface area contributed by atoms with Gasteiger partial charge in [-0.3, -0.25) is 9.69 Å². The van der Waals surface area contributed by atoms with Gasteiger partial charge in [0, 0.05) is 12.1 Å². The Labute approximate surface area is 98.7 Å². The number of rotatable bonds is 6. The number of carboxylic acid groups (broad SMARTS) is 1. The minimum Gasteiger partial charge on any atom is -0.480 e. The molecule has 0 unspecified atom stereocenters. The number of benzene rings is 1. The lowest BCUT2D eigenvalue weighted by atomic mass is 10.2. The summed E-state index contributed by atoms with van der Waals surface area (Å²) in [7, 11) is 0. The van der Waals surface area contributed by atoms with Gasteiger partial charge in [-0.1, -0.05) is 19.1 Å². The van der Waals surface area contributed by atoms with Crippen LogP contribution in [-0.4, -0.2) is 29.1 Å². The van der Waals surface area contributed by atoms with Crippen LogP contribution < -0.4 is 0 Å². The number of carbonyl (C=O) groups is 1. The molecule has 17 heavy (non-hydrogen) atoms. The van der Waals surface area contributed by atoms with Gasteiger partial charge < -0.3 is 5.11 Å². The lowest BCUT2D eigenvalue weighted by Gasteiger charge is -2.19. The molecule has 0 fully saturated rings. The molecule has 0 heterocycles. The third-order valence-corrected chi connectivity index (χ3v) is 2.32. The van der Waals surface area contributed by atoms with Crippen LogP contribution in [0.2, 0.25) is 0 Å². The highest BCUT2D eigenvalue weighted by Crippen LogP contribution is 2.13. The summed E-state index contributed by atoms with van der Waals surface area (Å²) in [4.78, 5) is 12.2. The molecule has 0 saturated carbocycles. The Morgan fingerprint density at radius 1 is 1.41 bits per heavy atom. The molecule has 1 aromatic carbocycles. The largest absolute Gasteiger partial charge is 0.480 e. The first-order chi connectivity index (χ1) is 8.04. The zero-order valence-electron chi connectivity index (χ0n) is 9.62. The van der Waals surface area contributed by atoms with Crippen molar-refractivity contribution in [3.63, 3.8) is 0 Å². The Hall–Kier alpha value is -1.49. The zero-order chi connectivity index (χ0) is 12.8. The van der Waals surface area contributed by atoms with Gasteiger partial charge in [-0.2, -0.15) is 0 Å². The van der Waals surface area contributed by atoms with E-state index in [2.05, 4.69) is 0 Å². The molecule has 5 heteroatoms. The zero-order valence-corrected chi connectivity index (χ0v) is 9.62. The lowest BCUT2D eigenvalue weighted by Crippen LogP contribution is -2.30. The molecule has 1 rings (SSSR count). The van der Waals surface area contributed by atoms with Crippen molar-refractivity contribution in [2.24, 2.45) is 0 Å². The summed E-state index contributed by atoms with van der Waals surface area (Å²) >= 11 is 0. The van der Waals surface area contributed by atoms with Gasteiger partial charge in [-0.15, -0.1) is 0 Å². The first kappa shape index (κ1) is 13.6. The van der Waals surface area contributed by atoms with Crippen LogP contribution in [0.15, 0.2) is 18.2 Å². The van der Waals surface area contributed by atoms with Crippen molar-refractivity contribution < 1.29 is 18.7 Å². The first-order valence-corrected chi connectivity index (χ1v) is 5.41. The van der Waals surface area contributed by atoms with Crippen molar-refractivity contribution in [1.82, 2.24) is 4.90 Å². The summed E-state index contributed by atoms with van der Waals surface area (Å²) in [5, 5.41) is 8.70. The number of hydrogen-bond donors (Lipinski definition) is 1. The molecule has 1 aromatic rings. The molecule has 0 aliphatic rings. The highest BCUT2D eigenvalue weighted by atomic mass is 19.2. The molecule has 1 N–H and O–H groups in total. The van der Waals surface area contributed by atoms with E-state index in [1.807, 2.05) is 6.92 Å². The van der Waals surface area contributed by atoms with Crippen LogP contribution in [0.5, 0.6) is 0 Å². The maximum atomic E-state index is 13.4. The number of carboxylic acids is 1. The molecular formula is C12H15F2NO2. The topological polar surface area (TPSA) is 40.5 Å². The predicted octanol–water partition coefficient (Wildman–Crippen LogP) is 2.26. The van der Waals surface area contributed by atoms with Crippen molar-refractivity contribution in [2.45, 2.75) is 19.9 Å². The molecule has 94 valence electrons. The Morgan fingerprint density at radius 3 is 2.71 bits per heavy atom. The van der Waals surface area contributed by atoms with Gasteiger partial charge in [0.15, 0.2) is 11.6 Å². The van der Waals surface area contributed by atoms with Crippen molar-refractivity contribution in [2.75, 3.05) is 13.1 Å². The quantitative estimate of drug-likeness (QED) is 0.833. The normalized spacial score (nSPS) is 10.8. The van der Waals surface area contributed by atoms with Crippen LogP contribution in [0, 0.1) is 11.6 Å². The fourth-order valence-corrected chi connectivity index (χ4v) is 1.63. The third kappa shape index (κ3) is 4.11. The summed E-state index contributed by atoms with van der Waals surface area (Å²) < 4.78 is 26.4. The summed E-state index contributed by atoms with van der Waals surface area (Å²) in [6.45, 7) is 2.35. The monoisotopic (exact) mass is 243 g/mol. The molecule has 0 saturated heterocycles. The van der Waals surface area contributed by atoms with E-state index in [1.54, 1.807) is 4.90 Å². The molecule has 3 nitrogen and oxygen atoms in total. The molecule has 0 aliphatic carbocycles. The molecule has 0 atom stereocenters. The van der Waals surface area contributed by atoms with Crippen molar-refractivity contribution in [3.8, 4) is 0 Å². The van der Waals surface area contributed by atoms with Crippen LogP contribution in [0.3, 0.4) is 0 Å². The summed E-state index contributed by atoms with van der Waals surface area (Å²) in [6, 6.07) is 3.92. The SMILES string of the molecule is CCCN(CC(=O)O)Cc1cccc(F)c1F. The van der Waals surface area contributed by atoms with Crippen molar-refractivity contribution >= 4 is 5.97 Å². The Morgan fingerprint density at radius 2 is 2.12 bits per heavy atom. The number of halogens is 2. The van der Waals surface area contributed by atoms with Crippen LogP contribution in [-0.2, 0) is 11.3 Å². The first-order valence-electron chi connectivity index (χ1n) is 5.41. The van der Waals surface area contributed by atoms with Gasteiger partial charge in [0.2, 0.25) is 0 Å². The van der Waals surface area contributed by atoms with Crippen LogP contribution in [0.1, 0.15) is 18.9 Å². The summed E-state index contributed by atoms with van der Waals surface area (Å²) in [6.07, 6.45) is 0.754. The van der Waals surface area contributed by atoms with E-state index >= 15 is 0 Å². The van der Waals surface area contributed by atoms with E-state index in [4.69, 9.17) is 5.11 Å². The van der Waals surface area contributed by atoms with Gasteiger partial charge in [-0.25, -0.2) is 8.78 Å². The van der Waals surface area contributed by atoms with E-state index in [1.165, 1.54) is 12.1 Å². The van der Waals surface area contributed by atoms with E-state index in [0.29, 0.717) is 6.54 Å². The second-order valence-electron chi connectivity index (χ2n) is 3.82. The van der Waals surface area contributed by atoms with E-state index < -0.39 is 17.6 Å². The fourth-order valence-electron chi connectivity index (χ4n) is 1.63. The number of aliphatic carboxylic acids is 1. The van der Waals surface area contributed by atoms with Crippen LogP contribution >= 0.6 is 0 Å². The second kappa shape index (κ2) is 6.30. The molecule has 0 aromatic heterocycles. The minimum atomic E-state index is -0.977. The smallest absolute Gasteiger partial charge is 0.317 e. The average molecular weight is 243 g/mol. The van der Waals surface area contributed by atoms with E-state index in [9.17, 15) is 13.6 Å². The van der Waals surface area contributed by atoms with E-state index in [0.717, 1.165) is 12.5 Å². The fraction of sp³-hybridized carbons (Fsp3) is 0.417. The lowest BCUT2D eigenvalue weighted by molar-refractivity contribution is -0.138. The van der Waals surface area contributed by atoms with Gasteiger partial charge in [-0.05, 0) is 19.0 Å². The van der Waals surface area contributed by atoms with Gasteiger partial charge in [0.25, 0.3) is 0 Å². The summed E-state index contributed by atoms with van der Waals surface area (Å²) in [5.41, 5.74) is 0.180. The number of nitrogens with zero attached hydrogens (tertiary/aromatic N) is 1. The second-order valence-corrected chi connectivity index (χ2v) is 3.82. The molecule has 0 bridgehead atoms. The maximum Gasteiger partial charge on any atom is 0.317 e. The Bertz CT molecular complexity index is 396. The van der Waals surface area contributed by atoms with Crippen LogP contribution in [0.25, 0.3) is 0 Å².